The highest BCUT2D eigenvalue weighted by molar-refractivity contribution is 6.30. The molecule has 1 aromatic rings. The van der Waals surface area contributed by atoms with Crippen LogP contribution in [0.5, 0.6) is 5.88 Å². The lowest BCUT2D eigenvalue weighted by Crippen LogP contribution is -2.06. The Labute approximate surface area is 81.0 Å². The molecule has 0 aliphatic heterocycles. The Bertz CT molecular complexity index is 399. The van der Waals surface area contributed by atoms with Crippen LogP contribution in [-0.4, -0.2) is 11.1 Å². The first-order chi connectivity index (χ1) is 7.97. The Morgan fingerprint density at radius 3 is 3.09 bits per heavy atom. The van der Waals surface area contributed by atoms with Crippen LogP contribution in [0.25, 0.3) is 0 Å². The number of ether oxygens (including phenoxy) is 1. The smallest absolute Gasteiger partial charge is 0.213 e. The van der Waals surface area contributed by atoms with E-state index in [1.807, 2.05) is 0 Å². The zero-order chi connectivity index (χ0) is 14.2. The molecule has 0 atom stereocenters. The standard InChI is InChI=1S/C8H10ClNO/c1-6(2)11-8-4-3-7(9)5-10-8/h3-6H,1-2H3/i1D3,2D3,6D. The fourth-order valence-electron chi connectivity index (χ4n) is 0.527. The van der Waals surface area contributed by atoms with E-state index in [4.69, 9.17) is 25.9 Å². The van der Waals surface area contributed by atoms with Crippen molar-refractivity contribution in [1.82, 2.24) is 4.98 Å². The zero-order valence-corrected chi connectivity index (χ0v) is 6.22. The van der Waals surface area contributed by atoms with Crippen LogP contribution in [0.15, 0.2) is 18.3 Å². The minimum absolute atomic E-state index is 0.278. The molecule has 0 unspecified atom stereocenters. The van der Waals surface area contributed by atoms with Crippen molar-refractivity contribution in [2.24, 2.45) is 0 Å². The van der Waals surface area contributed by atoms with Crippen molar-refractivity contribution in [3.05, 3.63) is 23.4 Å². The Kier molecular flexibility index (Phi) is 0.957. The third-order valence-corrected chi connectivity index (χ3v) is 1.13. The second kappa shape index (κ2) is 3.58. The third kappa shape index (κ3) is 2.76. The van der Waals surface area contributed by atoms with Crippen LogP contribution in [0.2, 0.25) is 5.02 Å². The van der Waals surface area contributed by atoms with Crippen molar-refractivity contribution in [3.63, 3.8) is 0 Å². The lowest BCUT2D eigenvalue weighted by molar-refractivity contribution is 0.232. The average molecular weight is 179 g/mol. The third-order valence-electron chi connectivity index (χ3n) is 0.907. The fraction of sp³-hybridized carbons (Fsp3) is 0.375. The zero-order valence-electron chi connectivity index (χ0n) is 12.5. The van der Waals surface area contributed by atoms with Crippen molar-refractivity contribution in [2.45, 2.75) is 19.8 Å². The molecule has 1 aromatic heterocycles. The molecule has 0 bridgehead atoms. The number of hydrogen-bond donors (Lipinski definition) is 0. The van der Waals surface area contributed by atoms with Gasteiger partial charge in [0.25, 0.3) is 0 Å². The van der Waals surface area contributed by atoms with E-state index in [2.05, 4.69) is 4.98 Å². The van der Waals surface area contributed by atoms with Crippen LogP contribution in [0, 0.1) is 0 Å². The molecule has 2 nitrogen and oxygen atoms in total. The summed E-state index contributed by atoms with van der Waals surface area (Å²) in [4.78, 5) is 3.62. The molecule has 11 heavy (non-hydrogen) atoms. The molecule has 0 aliphatic rings. The van der Waals surface area contributed by atoms with E-state index in [-0.39, 0.29) is 10.9 Å². The van der Waals surface area contributed by atoms with Gasteiger partial charge in [-0.1, -0.05) is 11.6 Å². The van der Waals surface area contributed by atoms with Gasteiger partial charge >= 0.3 is 0 Å². The molecule has 0 spiro atoms. The van der Waals surface area contributed by atoms with Gasteiger partial charge in [-0.05, 0) is 19.8 Å². The largest absolute Gasteiger partial charge is 0.475 e. The van der Waals surface area contributed by atoms with Crippen LogP contribution < -0.4 is 4.74 Å². The van der Waals surface area contributed by atoms with Gasteiger partial charge < -0.3 is 4.74 Å². The molecule has 0 aliphatic carbocycles. The summed E-state index contributed by atoms with van der Waals surface area (Å²) in [6.07, 6.45) is -1.92. The highest BCUT2D eigenvalue weighted by Gasteiger charge is 1.96. The average Bonchev–Trinajstić information content (AvgIpc) is 2.18. The molecule has 1 heterocycles. The first-order valence-electron chi connectivity index (χ1n) is 6.28. The molecule has 60 valence electrons. The van der Waals surface area contributed by atoms with E-state index in [0.29, 0.717) is 0 Å². The molecule has 0 amide bonds. The summed E-state index contributed by atoms with van der Waals surface area (Å²) in [6.45, 7) is -6.31. The lowest BCUT2D eigenvalue weighted by atomic mass is 10.4. The summed E-state index contributed by atoms with van der Waals surface area (Å²) in [5.41, 5.74) is 0. The van der Waals surface area contributed by atoms with E-state index in [1.54, 1.807) is 0 Å². The van der Waals surface area contributed by atoms with Crippen molar-refractivity contribution in [1.29, 1.82) is 0 Å². The Morgan fingerprint density at radius 1 is 1.73 bits per heavy atom. The number of aromatic nitrogens is 1. The molecule has 0 saturated carbocycles. The van der Waals surface area contributed by atoms with E-state index in [0.717, 1.165) is 6.20 Å². The van der Waals surface area contributed by atoms with Crippen molar-refractivity contribution in [3.8, 4) is 5.88 Å². The summed E-state index contributed by atoms with van der Waals surface area (Å²) >= 11 is 5.58. The van der Waals surface area contributed by atoms with Crippen molar-refractivity contribution < 1.29 is 14.3 Å². The van der Waals surface area contributed by atoms with Gasteiger partial charge in [-0.3, -0.25) is 0 Å². The van der Waals surface area contributed by atoms with Crippen LogP contribution in [0.1, 0.15) is 23.3 Å². The number of halogens is 1. The van der Waals surface area contributed by atoms with Crippen LogP contribution in [-0.2, 0) is 0 Å². The summed E-state index contributed by atoms with van der Waals surface area (Å²) in [6, 6.07) is 2.55. The number of pyridine rings is 1. The van der Waals surface area contributed by atoms with Crippen molar-refractivity contribution in [2.75, 3.05) is 0 Å². The molecule has 0 aromatic carbocycles. The van der Waals surface area contributed by atoms with Gasteiger partial charge in [-0.25, -0.2) is 4.98 Å². The predicted molar refractivity (Wildman–Crippen MR) is 45.0 cm³/mol. The normalized spacial score (nSPS) is 22.8. The fourth-order valence-corrected chi connectivity index (χ4v) is 0.639. The van der Waals surface area contributed by atoms with Crippen LogP contribution >= 0.6 is 11.6 Å². The molecule has 1 rings (SSSR count). The van der Waals surface area contributed by atoms with E-state index < -0.39 is 19.8 Å². The quantitative estimate of drug-likeness (QED) is 0.695. The highest BCUT2D eigenvalue weighted by atomic mass is 35.5. The summed E-state index contributed by atoms with van der Waals surface area (Å²) in [7, 11) is 0. The SMILES string of the molecule is [2H]C([2H])([2H])C([2H])(Oc1ccc(Cl)cn1)C([2H])([2H])[2H]. The number of nitrogens with zero attached hydrogens (tertiary/aromatic N) is 1. The lowest BCUT2D eigenvalue weighted by Gasteiger charge is -2.07. The van der Waals surface area contributed by atoms with Gasteiger partial charge in [0.2, 0.25) is 5.88 Å². The second-order valence-electron chi connectivity index (χ2n) is 1.75. The van der Waals surface area contributed by atoms with Gasteiger partial charge in [0.1, 0.15) is 0 Å². The summed E-state index contributed by atoms with van der Waals surface area (Å²) < 4.78 is 55.2. The van der Waals surface area contributed by atoms with E-state index in [9.17, 15) is 0 Å². The van der Waals surface area contributed by atoms with E-state index in [1.165, 1.54) is 12.1 Å². The second-order valence-corrected chi connectivity index (χ2v) is 2.18. The predicted octanol–water partition coefficient (Wildman–Crippen LogP) is 2.52. The summed E-state index contributed by atoms with van der Waals surface area (Å²) in [5.74, 6) is -0.290. The molecular weight excluding hydrogens is 162 g/mol. The summed E-state index contributed by atoms with van der Waals surface area (Å²) in [5, 5.41) is 0.278. The maximum absolute atomic E-state index is 7.59. The maximum atomic E-state index is 7.59. The molecule has 0 radical (unpaired) electrons. The number of hydrogen-bond acceptors (Lipinski definition) is 2. The van der Waals surface area contributed by atoms with Gasteiger partial charge in [0.15, 0.2) is 0 Å². The number of rotatable bonds is 2. The molecule has 0 N–H and O–H groups in total. The van der Waals surface area contributed by atoms with Crippen LogP contribution in [0.4, 0.5) is 0 Å². The maximum Gasteiger partial charge on any atom is 0.213 e. The van der Waals surface area contributed by atoms with Crippen LogP contribution in [0.3, 0.4) is 0 Å². The molecule has 3 heteroatoms. The topological polar surface area (TPSA) is 22.1 Å². The van der Waals surface area contributed by atoms with Gasteiger partial charge in [-0.2, -0.15) is 0 Å². The minimum Gasteiger partial charge on any atom is -0.475 e. The molecule has 0 fully saturated rings. The minimum atomic E-state index is -3.15. The molecular formula is C8H10ClNO. The van der Waals surface area contributed by atoms with Gasteiger partial charge in [0, 0.05) is 20.5 Å². The highest BCUT2D eigenvalue weighted by Crippen LogP contribution is 2.12. The first kappa shape index (κ1) is 2.94. The van der Waals surface area contributed by atoms with E-state index >= 15 is 0 Å². The Balaban J connectivity index is 3.12. The van der Waals surface area contributed by atoms with Gasteiger partial charge in [-0.15, -0.1) is 0 Å². The monoisotopic (exact) mass is 178 g/mol. The Morgan fingerprint density at radius 2 is 2.55 bits per heavy atom. The van der Waals surface area contributed by atoms with Gasteiger partial charge in [0.05, 0.1) is 12.5 Å². The molecule has 0 saturated heterocycles. The Hall–Kier alpha value is -0.760. The first-order valence-corrected chi connectivity index (χ1v) is 3.16. The van der Waals surface area contributed by atoms with Crippen molar-refractivity contribution >= 4 is 11.6 Å².